The lowest BCUT2D eigenvalue weighted by Gasteiger charge is -2.32. The number of carbonyl (C=O) groups is 2. The van der Waals surface area contributed by atoms with Crippen molar-refractivity contribution in [1.29, 1.82) is 0 Å². The lowest BCUT2D eigenvalue weighted by molar-refractivity contribution is -0.141. The van der Waals surface area contributed by atoms with Crippen molar-refractivity contribution in [3.63, 3.8) is 0 Å². The van der Waals surface area contributed by atoms with E-state index in [4.69, 9.17) is 18.6 Å². The molecule has 0 bridgehead atoms. The molecule has 2 aliphatic heterocycles. The van der Waals surface area contributed by atoms with Gasteiger partial charge in [0.25, 0.3) is 0 Å². The molecule has 1 saturated heterocycles. The Labute approximate surface area is 183 Å². The minimum absolute atomic E-state index is 0.0108. The Kier molecular flexibility index (Phi) is 6.31. The molecule has 32 heavy (non-hydrogen) atoms. The molecule has 170 valence electrons. The molecule has 10 nitrogen and oxygen atoms in total. The first-order chi connectivity index (χ1) is 15.5. The summed E-state index contributed by atoms with van der Waals surface area (Å²) in [6.45, 7) is 2.86. The first-order valence-corrected chi connectivity index (χ1v) is 10.2. The number of piperazine rings is 1. The summed E-state index contributed by atoms with van der Waals surface area (Å²) >= 11 is 0. The third-order valence-electron chi connectivity index (χ3n) is 5.65. The number of benzene rings is 1. The predicted octanol–water partition coefficient (Wildman–Crippen LogP) is 1.04. The van der Waals surface area contributed by atoms with Crippen LogP contribution in [0.15, 0.2) is 33.5 Å². The van der Waals surface area contributed by atoms with Crippen LogP contribution in [0.25, 0.3) is 0 Å². The normalized spacial score (nSPS) is 16.6. The van der Waals surface area contributed by atoms with E-state index in [9.17, 15) is 19.5 Å². The fourth-order valence-electron chi connectivity index (χ4n) is 3.86. The topological polar surface area (TPSA) is 119 Å². The predicted molar refractivity (Wildman–Crippen MR) is 111 cm³/mol. The van der Waals surface area contributed by atoms with Crippen LogP contribution in [-0.2, 0) is 20.9 Å². The largest absolute Gasteiger partial charge is 0.502 e. The van der Waals surface area contributed by atoms with Gasteiger partial charge in [0.2, 0.25) is 24.4 Å². The van der Waals surface area contributed by atoms with Gasteiger partial charge < -0.3 is 28.6 Å². The maximum Gasteiger partial charge on any atom is 0.306 e. The second-order valence-electron chi connectivity index (χ2n) is 7.65. The smallest absolute Gasteiger partial charge is 0.306 e. The highest BCUT2D eigenvalue weighted by Gasteiger charge is 2.29. The van der Waals surface area contributed by atoms with Crippen LogP contribution in [0.4, 0.5) is 0 Å². The zero-order chi connectivity index (χ0) is 22.7. The van der Waals surface area contributed by atoms with Gasteiger partial charge in [0.1, 0.15) is 5.76 Å². The third kappa shape index (κ3) is 4.54. The number of amides is 1. The van der Waals surface area contributed by atoms with E-state index < -0.39 is 23.1 Å². The number of hydrogen-bond donors (Lipinski definition) is 1. The summed E-state index contributed by atoms with van der Waals surface area (Å²) in [5.74, 6) is -0.420. The van der Waals surface area contributed by atoms with E-state index in [1.165, 1.54) is 13.2 Å². The third-order valence-corrected chi connectivity index (χ3v) is 5.65. The summed E-state index contributed by atoms with van der Waals surface area (Å²) in [4.78, 5) is 39.3. The van der Waals surface area contributed by atoms with Crippen molar-refractivity contribution in [2.75, 3.05) is 40.1 Å². The molecule has 0 radical (unpaired) electrons. The standard InChI is InChI=1S/C22H24N2O8/c1-29-20(27)10-16(14-2-3-18-19(8-14)31-13-30-18)22-21(28)17(26)9-15(32-22)11-23-4-6-24(12-25)7-5-23/h2-3,8-9,12,16,28H,4-7,10-11,13H2,1H3. The fraction of sp³-hybridized carbons (Fsp3) is 0.409. The Balaban J connectivity index is 1.66. The zero-order valence-corrected chi connectivity index (χ0v) is 17.6. The van der Waals surface area contributed by atoms with Crippen LogP contribution < -0.4 is 14.9 Å². The number of esters is 1. The van der Waals surface area contributed by atoms with E-state index in [1.54, 1.807) is 23.1 Å². The number of ether oxygens (including phenoxy) is 3. The Morgan fingerprint density at radius 3 is 2.66 bits per heavy atom. The Hall–Kier alpha value is -3.53. The minimum atomic E-state index is -0.767. The molecule has 1 aromatic heterocycles. The quantitative estimate of drug-likeness (QED) is 0.494. The number of aromatic hydroxyl groups is 1. The van der Waals surface area contributed by atoms with Gasteiger partial charge in [0, 0.05) is 32.2 Å². The van der Waals surface area contributed by atoms with Gasteiger partial charge in [-0.1, -0.05) is 6.07 Å². The molecule has 4 rings (SSSR count). The van der Waals surface area contributed by atoms with Crippen molar-refractivity contribution in [2.24, 2.45) is 0 Å². The highest BCUT2D eigenvalue weighted by Crippen LogP contribution is 2.39. The van der Waals surface area contributed by atoms with E-state index in [-0.39, 0.29) is 19.0 Å². The SMILES string of the molecule is COC(=O)CC(c1ccc2c(c1)OCO2)c1oc(CN2CCN(C=O)CC2)cc(=O)c1O. The highest BCUT2D eigenvalue weighted by molar-refractivity contribution is 5.71. The van der Waals surface area contributed by atoms with E-state index in [0.29, 0.717) is 55.5 Å². The second-order valence-corrected chi connectivity index (χ2v) is 7.65. The van der Waals surface area contributed by atoms with Crippen LogP contribution in [0, 0.1) is 0 Å². The van der Waals surface area contributed by atoms with Gasteiger partial charge in [0.05, 0.1) is 26.0 Å². The van der Waals surface area contributed by atoms with Gasteiger partial charge in [-0.3, -0.25) is 19.3 Å². The summed E-state index contributed by atoms with van der Waals surface area (Å²) in [5.41, 5.74) is 0.0123. The average molecular weight is 444 g/mol. The van der Waals surface area contributed by atoms with E-state index in [2.05, 4.69) is 4.90 Å². The Morgan fingerprint density at radius 1 is 1.19 bits per heavy atom. The van der Waals surface area contributed by atoms with E-state index >= 15 is 0 Å². The van der Waals surface area contributed by atoms with Crippen molar-refractivity contribution < 1.29 is 33.3 Å². The monoisotopic (exact) mass is 444 g/mol. The van der Waals surface area contributed by atoms with Crippen molar-refractivity contribution in [1.82, 2.24) is 9.80 Å². The van der Waals surface area contributed by atoms with Crippen LogP contribution in [0.3, 0.4) is 0 Å². The van der Waals surface area contributed by atoms with Gasteiger partial charge in [-0.05, 0) is 17.7 Å². The van der Waals surface area contributed by atoms with Crippen molar-refractivity contribution >= 4 is 12.4 Å². The van der Waals surface area contributed by atoms with Crippen LogP contribution in [-0.4, -0.2) is 67.4 Å². The lowest BCUT2D eigenvalue weighted by atomic mass is 9.92. The molecule has 0 saturated carbocycles. The summed E-state index contributed by atoms with van der Waals surface area (Å²) in [7, 11) is 1.27. The zero-order valence-electron chi connectivity index (χ0n) is 17.6. The molecule has 0 aliphatic carbocycles. The molecule has 1 atom stereocenters. The molecule has 1 aromatic carbocycles. The van der Waals surface area contributed by atoms with Crippen molar-refractivity contribution in [3.8, 4) is 17.2 Å². The maximum atomic E-state index is 12.5. The molecule has 10 heteroatoms. The summed E-state index contributed by atoms with van der Waals surface area (Å²) in [6.07, 6.45) is 0.674. The van der Waals surface area contributed by atoms with Crippen molar-refractivity contribution in [2.45, 2.75) is 18.9 Å². The minimum Gasteiger partial charge on any atom is -0.502 e. The number of nitrogens with zero attached hydrogens (tertiary/aromatic N) is 2. The molecule has 0 spiro atoms. The molecular formula is C22H24N2O8. The molecule has 2 aliphatic rings. The van der Waals surface area contributed by atoms with Gasteiger partial charge in [-0.25, -0.2) is 0 Å². The van der Waals surface area contributed by atoms with Gasteiger partial charge in [-0.15, -0.1) is 0 Å². The summed E-state index contributed by atoms with van der Waals surface area (Å²) < 4.78 is 21.6. The molecule has 1 amide bonds. The fourth-order valence-corrected chi connectivity index (χ4v) is 3.86. The first-order valence-electron chi connectivity index (χ1n) is 10.2. The molecule has 1 unspecified atom stereocenters. The Morgan fingerprint density at radius 2 is 1.94 bits per heavy atom. The second kappa shape index (κ2) is 9.31. The van der Waals surface area contributed by atoms with Gasteiger partial charge in [0.15, 0.2) is 17.3 Å². The van der Waals surface area contributed by atoms with Crippen LogP contribution >= 0.6 is 0 Å². The molecule has 2 aromatic rings. The summed E-state index contributed by atoms with van der Waals surface area (Å²) in [5, 5.41) is 10.5. The van der Waals surface area contributed by atoms with Crippen LogP contribution in [0.5, 0.6) is 17.2 Å². The molecule has 3 heterocycles. The van der Waals surface area contributed by atoms with Gasteiger partial charge in [-0.2, -0.15) is 0 Å². The average Bonchev–Trinajstić information content (AvgIpc) is 3.28. The number of rotatable bonds is 7. The Bertz CT molecular complexity index is 1060. The first kappa shape index (κ1) is 21.7. The number of hydrogen-bond acceptors (Lipinski definition) is 9. The number of fused-ring (bicyclic) bond motifs is 1. The molecule has 1 N–H and O–H groups in total. The lowest BCUT2D eigenvalue weighted by Crippen LogP contribution is -2.45. The molecular weight excluding hydrogens is 420 g/mol. The molecule has 1 fully saturated rings. The number of methoxy groups -OCH3 is 1. The van der Waals surface area contributed by atoms with Crippen LogP contribution in [0.2, 0.25) is 0 Å². The van der Waals surface area contributed by atoms with E-state index in [1.807, 2.05) is 0 Å². The number of carbonyl (C=O) groups excluding carboxylic acids is 2. The van der Waals surface area contributed by atoms with Gasteiger partial charge >= 0.3 is 5.97 Å². The maximum absolute atomic E-state index is 12.5. The van der Waals surface area contributed by atoms with Crippen molar-refractivity contribution in [3.05, 3.63) is 51.6 Å². The van der Waals surface area contributed by atoms with Crippen LogP contribution in [0.1, 0.15) is 29.4 Å². The summed E-state index contributed by atoms with van der Waals surface area (Å²) in [6, 6.07) is 6.37. The van der Waals surface area contributed by atoms with E-state index in [0.717, 1.165) is 6.41 Å². The highest BCUT2D eigenvalue weighted by atomic mass is 16.7.